The van der Waals surface area contributed by atoms with Gasteiger partial charge in [-0.25, -0.2) is 9.97 Å². The zero-order chi connectivity index (χ0) is 12.5. The summed E-state index contributed by atoms with van der Waals surface area (Å²) in [7, 11) is 2.22. The quantitative estimate of drug-likeness (QED) is 0.829. The second-order valence-corrected chi connectivity index (χ2v) is 5.10. The molecule has 0 amide bonds. The number of rotatable bonds is 3. The highest BCUT2D eigenvalue weighted by molar-refractivity contribution is 5.71. The van der Waals surface area contributed by atoms with Gasteiger partial charge < -0.3 is 9.47 Å². The van der Waals surface area contributed by atoms with Gasteiger partial charge in [0.1, 0.15) is 11.3 Å². The topological polar surface area (TPSA) is 34.0 Å². The van der Waals surface area contributed by atoms with E-state index in [9.17, 15) is 0 Å². The zero-order valence-corrected chi connectivity index (χ0v) is 11.1. The first-order valence-electron chi connectivity index (χ1n) is 6.80. The average Bonchev–Trinajstić information content (AvgIpc) is 2.93. The van der Waals surface area contributed by atoms with E-state index in [0.717, 1.165) is 24.1 Å². The molecule has 18 heavy (non-hydrogen) atoms. The molecule has 4 nitrogen and oxygen atoms in total. The van der Waals surface area contributed by atoms with Crippen molar-refractivity contribution in [3.8, 4) is 0 Å². The summed E-state index contributed by atoms with van der Waals surface area (Å²) in [4.78, 5) is 11.7. The molecule has 2 aromatic heterocycles. The smallest absolute Gasteiger partial charge is 0.159 e. The predicted molar refractivity (Wildman–Crippen MR) is 72.6 cm³/mol. The van der Waals surface area contributed by atoms with Gasteiger partial charge in [0, 0.05) is 25.2 Å². The Bertz CT molecular complexity index is 546. The normalized spacial score (nSPS) is 20.9. The van der Waals surface area contributed by atoms with Gasteiger partial charge in [0.2, 0.25) is 0 Å². The van der Waals surface area contributed by atoms with Gasteiger partial charge in [0.15, 0.2) is 5.65 Å². The average molecular weight is 244 g/mol. The van der Waals surface area contributed by atoms with Crippen molar-refractivity contribution in [3.63, 3.8) is 0 Å². The number of hydrogen-bond acceptors (Lipinski definition) is 3. The van der Waals surface area contributed by atoms with Crippen LogP contribution in [-0.2, 0) is 13.0 Å². The Kier molecular flexibility index (Phi) is 3.04. The maximum atomic E-state index is 4.76. The van der Waals surface area contributed by atoms with Crippen LogP contribution in [0.1, 0.15) is 25.6 Å². The number of pyridine rings is 1. The minimum Gasteiger partial charge on any atom is -0.313 e. The fourth-order valence-electron chi connectivity index (χ4n) is 2.94. The lowest BCUT2D eigenvalue weighted by atomic mass is 10.1. The van der Waals surface area contributed by atoms with Crippen molar-refractivity contribution in [2.24, 2.45) is 0 Å². The minimum absolute atomic E-state index is 0.645. The van der Waals surface area contributed by atoms with Crippen LogP contribution in [0.25, 0.3) is 11.2 Å². The first kappa shape index (κ1) is 11.7. The SMILES string of the molecule is CCn1c(CC2CCCN2C)nc2cccnc21. The van der Waals surface area contributed by atoms with Gasteiger partial charge in [-0.05, 0) is 45.5 Å². The van der Waals surface area contributed by atoms with Gasteiger partial charge in [-0.3, -0.25) is 0 Å². The second-order valence-electron chi connectivity index (χ2n) is 5.10. The third kappa shape index (κ3) is 1.90. The van der Waals surface area contributed by atoms with Crippen molar-refractivity contribution in [2.75, 3.05) is 13.6 Å². The lowest BCUT2D eigenvalue weighted by molar-refractivity contribution is 0.304. The molecule has 0 aliphatic carbocycles. The molecule has 0 aromatic carbocycles. The number of likely N-dealkylation sites (tertiary alicyclic amines) is 1. The summed E-state index contributed by atoms with van der Waals surface area (Å²) in [5.74, 6) is 1.19. The largest absolute Gasteiger partial charge is 0.313 e. The van der Waals surface area contributed by atoms with Gasteiger partial charge >= 0.3 is 0 Å². The summed E-state index contributed by atoms with van der Waals surface area (Å²) < 4.78 is 2.25. The maximum absolute atomic E-state index is 4.76. The Hall–Kier alpha value is -1.42. The number of aryl methyl sites for hydroxylation is 1. The van der Waals surface area contributed by atoms with Crippen LogP contribution in [0.4, 0.5) is 0 Å². The Morgan fingerprint density at radius 2 is 2.33 bits per heavy atom. The summed E-state index contributed by atoms with van der Waals surface area (Å²) in [6.45, 7) is 4.33. The van der Waals surface area contributed by atoms with E-state index in [1.54, 1.807) is 0 Å². The van der Waals surface area contributed by atoms with Crippen molar-refractivity contribution in [1.82, 2.24) is 19.4 Å². The van der Waals surface area contributed by atoms with E-state index in [4.69, 9.17) is 4.98 Å². The van der Waals surface area contributed by atoms with E-state index < -0.39 is 0 Å². The number of likely N-dealkylation sites (N-methyl/N-ethyl adjacent to an activating group) is 1. The Morgan fingerprint density at radius 1 is 1.44 bits per heavy atom. The summed E-state index contributed by atoms with van der Waals surface area (Å²) in [5, 5.41) is 0. The molecule has 96 valence electrons. The van der Waals surface area contributed by atoms with Crippen LogP contribution in [0.3, 0.4) is 0 Å². The van der Waals surface area contributed by atoms with Crippen LogP contribution in [0.2, 0.25) is 0 Å². The maximum Gasteiger partial charge on any atom is 0.159 e. The Morgan fingerprint density at radius 3 is 3.06 bits per heavy atom. The molecule has 3 rings (SSSR count). The number of fused-ring (bicyclic) bond motifs is 1. The minimum atomic E-state index is 0.645. The summed E-state index contributed by atoms with van der Waals surface area (Å²) in [6.07, 6.45) is 5.49. The van der Waals surface area contributed by atoms with Gasteiger partial charge in [-0.1, -0.05) is 0 Å². The van der Waals surface area contributed by atoms with Gasteiger partial charge in [-0.15, -0.1) is 0 Å². The lowest BCUT2D eigenvalue weighted by Crippen LogP contribution is -2.28. The van der Waals surface area contributed by atoms with Gasteiger partial charge in [-0.2, -0.15) is 0 Å². The van der Waals surface area contributed by atoms with Gasteiger partial charge in [0.25, 0.3) is 0 Å². The van der Waals surface area contributed by atoms with Crippen molar-refractivity contribution >= 4 is 11.2 Å². The molecule has 3 heterocycles. The molecule has 1 atom stereocenters. The fourth-order valence-corrected chi connectivity index (χ4v) is 2.94. The third-order valence-electron chi connectivity index (χ3n) is 3.99. The van der Waals surface area contributed by atoms with Crippen LogP contribution in [0.15, 0.2) is 18.3 Å². The Balaban J connectivity index is 1.95. The molecule has 1 aliphatic rings. The molecule has 1 aliphatic heterocycles. The van der Waals surface area contributed by atoms with Crippen molar-refractivity contribution in [2.45, 2.75) is 38.8 Å². The van der Waals surface area contributed by atoms with Crippen LogP contribution in [0.5, 0.6) is 0 Å². The molecule has 0 N–H and O–H groups in total. The molecule has 1 unspecified atom stereocenters. The molecule has 1 saturated heterocycles. The number of nitrogens with zero attached hydrogens (tertiary/aromatic N) is 4. The van der Waals surface area contributed by atoms with Crippen molar-refractivity contribution in [3.05, 3.63) is 24.2 Å². The number of hydrogen-bond donors (Lipinski definition) is 0. The van der Waals surface area contributed by atoms with Gasteiger partial charge in [0.05, 0.1) is 0 Å². The molecule has 1 fully saturated rings. The number of imidazole rings is 1. The highest BCUT2D eigenvalue weighted by Gasteiger charge is 2.23. The van der Waals surface area contributed by atoms with Crippen LogP contribution in [0, 0.1) is 0 Å². The summed E-state index contributed by atoms with van der Waals surface area (Å²) in [6, 6.07) is 4.66. The molecule has 4 heteroatoms. The summed E-state index contributed by atoms with van der Waals surface area (Å²) >= 11 is 0. The van der Waals surface area contributed by atoms with E-state index in [0.29, 0.717) is 6.04 Å². The van der Waals surface area contributed by atoms with E-state index in [2.05, 4.69) is 34.5 Å². The molecular weight excluding hydrogens is 224 g/mol. The van der Waals surface area contributed by atoms with Crippen LogP contribution >= 0.6 is 0 Å². The molecule has 2 aromatic rings. The van der Waals surface area contributed by atoms with Crippen molar-refractivity contribution in [1.29, 1.82) is 0 Å². The van der Waals surface area contributed by atoms with E-state index in [1.165, 1.54) is 25.2 Å². The molecular formula is C14H20N4. The van der Waals surface area contributed by atoms with E-state index >= 15 is 0 Å². The lowest BCUT2D eigenvalue weighted by Gasteiger charge is -2.19. The van der Waals surface area contributed by atoms with Crippen molar-refractivity contribution < 1.29 is 0 Å². The Labute approximate surface area is 108 Å². The molecule has 0 spiro atoms. The highest BCUT2D eigenvalue weighted by Crippen LogP contribution is 2.21. The predicted octanol–water partition coefficient (Wildman–Crippen LogP) is 2.09. The fraction of sp³-hybridized carbons (Fsp3) is 0.571. The molecule has 0 radical (unpaired) electrons. The molecule has 0 saturated carbocycles. The number of aromatic nitrogens is 3. The standard InChI is InChI=1S/C14H20N4/c1-3-18-13(10-11-6-5-9-17(11)2)16-12-7-4-8-15-14(12)18/h4,7-8,11H,3,5-6,9-10H2,1-2H3. The highest BCUT2D eigenvalue weighted by atomic mass is 15.2. The first-order valence-corrected chi connectivity index (χ1v) is 6.80. The van der Waals surface area contributed by atoms with E-state index in [1.807, 2.05) is 12.3 Å². The van der Waals surface area contributed by atoms with E-state index in [-0.39, 0.29) is 0 Å². The second kappa shape index (κ2) is 4.69. The van der Waals surface area contributed by atoms with Crippen LogP contribution in [-0.4, -0.2) is 39.1 Å². The summed E-state index contributed by atoms with van der Waals surface area (Å²) in [5.41, 5.74) is 2.05. The zero-order valence-electron chi connectivity index (χ0n) is 11.1. The third-order valence-corrected chi connectivity index (χ3v) is 3.99. The van der Waals surface area contributed by atoms with Crippen LogP contribution < -0.4 is 0 Å². The monoisotopic (exact) mass is 244 g/mol. The molecule has 0 bridgehead atoms. The first-order chi connectivity index (χ1) is 8.79.